The van der Waals surface area contributed by atoms with Crippen LogP contribution in [-0.2, 0) is 12.8 Å². The van der Waals surface area contributed by atoms with E-state index >= 15 is 0 Å². The minimum absolute atomic E-state index is 0.700. The molecule has 18 heavy (non-hydrogen) atoms. The average molecular weight is 245 g/mol. The molecule has 0 amide bonds. The minimum atomic E-state index is 0.700. The summed E-state index contributed by atoms with van der Waals surface area (Å²) in [5, 5.41) is 3.75. The second-order valence-corrected chi connectivity index (χ2v) is 5.63. The fourth-order valence-corrected chi connectivity index (χ4v) is 2.74. The third-order valence-electron chi connectivity index (χ3n) is 4.26. The van der Waals surface area contributed by atoms with Gasteiger partial charge >= 0.3 is 0 Å². The van der Waals surface area contributed by atoms with Gasteiger partial charge in [-0.2, -0.15) is 0 Å². The Morgan fingerprint density at radius 3 is 2.28 bits per heavy atom. The van der Waals surface area contributed by atoms with Gasteiger partial charge in [0.2, 0.25) is 0 Å². The van der Waals surface area contributed by atoms with Crippen molar-refractivity contribution in [2.45, 2.75) is 58.4 Å². The van der Waals surface area contributed by atoms with Gasteiger partial charge in [-0.1, -0.05) is 44.5 Å². The summed E-state index contributed by atoms with van der Waals surface area (Å²) in [4.78, 5) is 0. The maximum absolute atomic E-state index is 3.75. The van der Waals surface area contributed by atoms with Crippen LogP contribution < -0.4 is 5.32 Å². The van der Waals surface area contributed by atoms with Crippen molar-refractivity contribution in [3.63, 3.8) is 0 Å². The van der Waals surface area contributed by atoms with Crippen LogP contribution in [0.2, 0.25) is 0 Å². The van der Waals surface area contributed by atoms with Gasteiger partial charge in [0.1, 0.15) is 0 Å². The van der Waals surface area contributed by atoms with Crippen molar-refractivity contribution >= 4 is 0 Å². The van der Waals surface area contributed by atoms with Crippen LogP contribution in [0.4, 0.5) is 0 Å². The van der Waals surface area contributed by atoms with E-state index in [1.54, 1.807) is 0 Å². The van der Waals surface area contributed by atoms with Crippen LogP contribution in [0.25, 0.3) is 0 Å². The Kier molecular flexibility index (Phi) is 5.25. The third-order valence-corrected chi connectivity index (χ3v) is 4.26. The van der Waals surface area contributed by atoms with E-state index < -0.39 is 0 Å². The SMILES string of the molecule is CCCNC(Cc1ccc(CC)cc1)C1CCC1. The number of hydrogen-bond acceptors (Lipinski definition) is 1. The number of nitrogens with one attached hydrogen (secondary N) is 1. The first-order valence-corrected chi connectivity index (χ1v) is 7.64. The summed E-state index contributed by atoms with van der Waals surface area (Å²) >= 11 is 0. The zero-order valence-corrected chi connectivity index (χ0v) is 11.9. The maximum atomic E-state index is 3.75. The summed E-state index contributed by atoms with van der Waals surface area (Å²) in [6.45, 7) is 5.63. The Labute approximate surface area is 112 Å². The minimum Gasteiger partial charge on any atom is -0.313 e. The highest BCUT2D eigenvalue weighted by Gasteiger charge is 2.26. The number of hydrogen-bond donors (Lipinski definition) is 1. The molecular weight excluding hydrogens is 218 g/mol. The second-order valence-electron chi connectivity index (χ2n) is 5.63. The molecule has 1 nitrogen and oxygen atoms in total. The first kappa shape index (κ1) is 13.6. The molecule has 1 aliphatic carbocycles. The van der Waals surface area contributed by atoms with E-state index in [9.17, 15) is 0 Å². The average Bonchev–Trinajstić information content (AvgIpc) is 2.34. The smallest absolute Gasteiger partial charge is 0.0136 e. The van der Waals surface area contributed by atoms with Gasteiger partial charge in [0, 0.05) is 6.04 Å². The fraction of sp³-hybridized carbons (Fsp3) is 0.647. The Bertz CT molecular complexity index is 337. The molecule has 1 N–H and O–H groups in total. The molecule has 1 saturated carbocycles. The predicted molar refractivity (Wildman–Crippen MR) is 78.9 cm³/mol. The molecule has 0 saturated heterocycles. The van der Waals surface area contributed by atoms with E-state index in [1.165, 1.54) is 43.2 Å². The maximum Gasteiger partial charge on any atom is 0.0136 e. The van der Waals surface area contributed by atoms with E-state index in [1.807, 2.05) is 0 Å². The van der Waals surface area contributed by atoms with Crippen molar-refractivity contribution in [3.05, 3.63) is 35.4 Å². The van der Waals surface area contributed by atoms with Crippen molar-refractivity contribution in [3.8, 4) is 0 Å². The molecule has 2 rings (SSSR count). The van der Waals surface area contributed by atoms with Gasteiger partial charge < -0.3 is 5.32 Å². The number of aryl methyl sites for hydroxylation is 1. The molecule has 1 heteroatoms. The van der Waals surface area contributed by atoms with Crippen LogP contribution in [0, 0.1) is 5.92 Å². The van der Waals surface area contributed by atoms with Gasteiger partial charge in [-0.05, 0) is 55.7 Å². The molecule has 0 heterocycles. The largest absolute Gasteiger partial charge is 0.313 e. The lowest BCUT2D eigenvalue weighted by Gasteiger charge is -2.34. The molecular formula is C17H27N. The molecule has 1 aromatic carbocycles. The molecule has 1 aromatic rings. The lowest BCUT2D eigenvalue weighted by Crippen LogP contribution is -2.41. The van der Waals surface area contributed by atoms with Crippen LogP contribution in [0.15, 0.2) is 24.3 Å². The lowest BCUT2D eigenvalue weighted by molar-refractivity contribution is 0.227. The van der Waals surface area contributed by atoms with Gasteiger partial charge in [-0.3, -0.25) is 0 Å². The third kappa shape index (κ3) is 3.58. The number of rotatable bonds is 7. The summed E-state index contributed by atoms with van der Waals surface area (Å²) in [5.41, 5.74) is 2.94. The van der Waals surface area contributed by atoms with Crippen molar-refractivity contribution in [2.24, 2.45) is 5.92 Å². The van der Waals surface area contributed by atoms with Crippen molar-refractivity contribution < 1.29 is 0 Å². The Morgan fingerprint density at radius 2 is 1.78 bits per heavy atom. The van der Waals surface area contributed by atoms with Crippen molar-refractivity contribution in [1.29, 1.82) is 0 Å². The van der Waals surface area contributed by atoms with Gasteiger partial charge in [0.15, 0.2) is 0 Å². The van der Waals surface area contributed by atoms with Crippen molar-refractivity contribution in [2.75, 3.05) is 6.54 Å². The van der Waals surface area contributed by atoms with Gasteiger partial charge in [0.25, 0.3) is 0 Å². The van der Waals surface area contributed by atoms with Crippen molar-refractivity contribution in [1.82, 2.24) is 5.32 Å². The monoisotopic (exact) mass is 245 g/mol. The second kappa shape index (κ2) is 6.94. The normalized spacial score (nSPS) is 17.4. The zero-order chi connectivity index (χ0) is 12.8. The lowest BCUT2D eigenvalue weighted by atomic mass is 9.77. The molecule has 0 aliphatic heterocycles. The molecule has 1 fully saturated rings. The van der Waals surface area contributed by atoms with E-state index in [0.29, 0.717) is 6.04 Å². The summed E-state index contributed by atoms with van der Waals surface area (Å²) in [7, 11) is 0. The van der Waals surface area contributed by atoms with E-state index in [2.05, 4.69) is 43.4 Å². The molecule has 0 bridgehead atoms. The van der Waals surface area contributed by atoms with E-state index in [0.717, 1.165) is 18.9 Å². The fourth-order valence-electron chi connectivity index (χ4n) is 2.74. The van der Waals surface area contributed by atoms with Crippen LogP contribution in [0.3, 0.4) is 0 Å². The molecule has 100 valence electrons. The summed E-state index contributed by atoms with van der Waals surface area (Å²) < 4.78 is 0. The van der Waals surface area contributed by atoms with E-state index in [-0.39, 0.29) is 0 Å². The summed E-state index contributed by atoms with van der Waals surface area (Å²) in [6, 6.07) is 9.90. The summed E-state index contributed by atoms with van der Waals surface area (Å²) in [5.74, 6) is 0.919. The molecule has 1 atom stereocenters. The van der Waals surface area contributed by atoms with Crippen LogP contribution in [-0.4, -0.2) is 12.6 Å². The topological polar surface area (TPSA) is 12.0 Å². The standard InChI is InChI=1S/C17H27N/c1-3-12-18-17(16-6-5-7-16)13-15-10-8-14(4-2)9-11-15/h8-11,16-18H,3-7,12-13H2,1-2H3. The Morgan fingerprint density at radius 1 is 1.11 bits per heavy atom. The number of benzene rings is 1. The quantitative estimate of drug-likeness (QED) is 0.766. The zero-order valence-electron chi connectivity index (χ0n) is 11.9. The molecule has 0 radical (unpaired) electrons. The molecule has 0 aromatic heterocycles. The van der Waals surface area contributed by atoms with Gasteiger partial charge in [0.05, 0.1) is 0 Å². The highest BCUT2D eigenvalue weighted by molar-refractivity contribution is 5.23. The van der Waals surface area contributed by atoms with Crippen LogP contribution in [0.5, 0.6) is 0 Å². The predicted octanol–water partition coefficient (Wildman–Crippen LogP) is 3.96. The Balaban J connectivity index is 1.93. The summed E-state index contributed by atoms with van der Waals surface area (Å²) in [6.07, 6.45) is 7.86. The first-order valence-electron chi connectivity index (χ1n) is 7.64. The van der Waals surface area contributed by atoms with E-state index in [4.69, 9.17) is 0 Å². The van der Waals surface area contributed by atoms with Gasteiger partial charge in [-0.25, -0.2) is 0 Å². The highest BCUT2D eigenvalue weighted by Crippen LogP contribution is 2.31. The molecule has 1 aliphatic rings. The molecule has 1 unspecified atom stereocenters. The van der Waals surface area contributed by atoms with Crippen LogP contribution in [0.1, 0.15) is 50.7 Å². The van der Waals surface area contributed by atoms with Gasteiger partial charge in [-0.15, -0.1) is 0 Å². The Hall–Kier alpha value is -0.820. The molecule has 0 spiro atoms. The highest BCUT2D eigenvalue weighted by atomic mass is 14.9. The van der Waals surface area contributed by atoms with Crippen LogP contribution >= 0.6 is 0 Å². The first-order chi connectivity index (χ1) is 8.83.